The Morgan fingerprint density at radius 3 is 2.00 bits per heavy atom. The molecule has 0 spiro atoms. The van der Waals surface area contributed by atoms with Crippen LogP contribution in [0.4, 0.5) is 5.95 Å². The molecule has 2 N–H and O–H groups in total. The van der Waals surface area contributed by atoms with Gasteiger partial charge >= 0.3 is 0 Å². The first-order valence-electron chi connectivity index (χ1n) is 23.1. The maximum absolute atomic E-state index is 13.6. The molecule has 16 nitrogen and oxygen atoms in total. The number of aromatic nitrogens is 4. The molecule has 3 heterocycles. The van der Waals surface area contributed by atoms with Gasteiger partial charge in [0.15, 0.2) is 25.7 Å². The Morgan fingerprint density at radius 2 is 1.49 bits per heavy atom. The second-order valence-electron chi connectivity index (χ2n) is 19.2. The summed E-state index contributed by atoms with van der Waals surface area (Å²) in [5.41, 5.74) is 0.967. The number of hydrogen-bond acceptors (Lipinski definition) is 13. The molecule has 0 saturated carbocycles. The molecule has 18 heteroatoms. The summed E-state index contributed by atoms with van der Waals surface area (Å²) in [6.07, 6.45) is -1.92. The van der Waals surface area contributed by atoms with Crippen molar-refractivity contribution < 1.29 is 37.2 Å². The van der Waals surface area contributed by atoms with Crippen molar-refractivity contribution in [3.05, 3.63) is 112 Å². The van der Waals surface area contributed by atoms with E-state index in [0.717, 1.165) is 16.7 Å². The number of nitrogens with one attached hydrogen (secondary N) is 2. The molecule has 1 fully saturated rings. The number of carbonyl (C=O) groups is 1. The Kier molecular flexibility index (Phi) is 17.1. The quantitative estimate of drug-likeness (QED) is 0.0307. The third-order valence-electron chi connectivity index (χ3n) is 12.5. The Morgan fingerprint density at radius 1 is 0.912 bits per heavy atom. The first kappa shape index (κ1) is 52.4. The van der Waals surface area contributed by atoms with Gasteiger partial charge < -0.3 is 32.4 Å². The number of H-pyrrole nitrogens is 1. The summed E-state index contributed by atoms with van der Waals surface area (Å²) in [5, 5.41) is 12.1. The maximum atomic E-state index is 13.6. The molecular formula is C50H68N7O9PSi. The number of fused-ring (bicyclic) bond motifs is 1. The van der Waals surface area contributed by atoms with Crippen molar-refractivity contribution in [2.24, 2.45) is 5.92 Å². The standard InChI is InChI=1S/C50H68N7O9PSi/c1-32(2)45(58)54-48-53-44-41(46(59)55-48)52-31-56(44)47-43(65-67(63-29-17-28-51)57(33(3)4)34(5)6)42(66-68(12,13)49(7,8)9)40(64-47)30-62-50(35-18-15-14-16-19-35,36-20-24-38(60-10)25-21-36)37-22-26-39(61-11)27-23-37/h14-16,18-27,31-34,40,42-43,47H,17,29-30H2,1-13H3,(H2,53,54,55,58,59)/t40-,42?,43+,47-,67?/m1/s1. The minimum Gasteiger partial charge on any atom is -0.497 e. The van der Waals surface area contributed by atoms with Gasteiger partial charge in [-0.05, 0) is 86.8 Å². The molecule has 1 amide bonds. The van der Waals surface area contributed by atoms with Crippen LogP contribution in [-0.2, 0) is 33.3 Å². The van der Waals surface area contributed by atoms with E-state index in [1.54, 1.807) is 32.6 Å². The van der Waals surface area contributed by atoms with Crippen molar-refractivity contribution >= 4 is 39.9 Å². The Bertz CT molecular complexity index is 2490. The van der Waals surface area contributed by atoms with Crippen LogP contribution in [0.5, 0.6) is 11.5 Å². The summed E-state index contributed by atoms with van der Waals surface area (Å²) >= 11 is 0. The molecule has 5 aromatic rings. The van der Waals surface area contributed by atoms with Crippen molar-refractivity contribution in [3.63, 3.8) is 0 Å². The Balaban J connectivity index is 1.58. The van der Waals surface area contributed by atoms with Gasteiger partial charge in [0, 0.05) is 18.0 Å². The molecule has 0 bridgehead atoms. The molecule has 0 aliphatic carbocycles. The zero-order valence-corrected chi connectivity index (χ0v) is 43.5. The van der Waals surface area contributed by atoms with Gasteiger partial charge in [0.05, 0.1) is 46.3 Å². The number of carbonyl (C=O) groups excluding carboxylic acids is 1. The van der Waals surface area contributed by atoms with Gasteiger partial charge in [0.1, 0.15) is 35.4 Å². The van der Waals surface area contributed by atoms with Gasteiger partial charge in [-0.3, -0.25) is 24.5 Å². The van der Waals surface area contributed by atoms with Crippen molar-refractivity contribution in [1.29, 1.82) is 5.26 Å². The minimum atomic E-state index is -2.69. The number of nitriles is 1. The zero-order chi connectivity index (χ0) is 49.6. The molecule has 1 saturated heterocycles. The SMILES string of the molecule is COc1ccc(C(OC[C@H]2O[C@@H](n3cnc4c(=O)[nH]c(NC(=O)C(C)C)nc43)[C@@H](OP(OCCC#N)N(C(C)C)C(C)C)C2O[Si](C)(C)C(C)(C)C)(c2ccccc2)c2ccc(OC)cc2)cc1. The van der Waals surface area contributed by atoms with Crippen molar-refractivity contribution in [1.82, 2.24) is 24.2 Å². The summed E-state index contributed by atoms with van der Waals surface area (Å²) < 4.78 is 51.2. The first-order chi connectivity index (χ1) is 32.3. The fraction of sp³-hybridized carbons (Fsp3) is 0.500. The van der Waals surface area contributed by atoms with Crippen LogP contribution in [-0.4, -0.2) is 96.2 Å². The van der Waals surface area contributed by atoms with Gasteiger partial charge in [0.25, 0.3) is 14.1 Å². The van der Waals surface area contributed by atoms with Gasteiger partial charge in [-0.25, -0.2) is 9.65 Å². The van der Waals surface area contributed by atoms with E-state index in [0.29, 0.717) is 11.5 Å². The number of anilines is 1. The van der Waals surface area contributed by atoms with Crippen molar-refractivity contribution in [2.45, 2.75) is 129 Å². The molecular weight excluding hydrogens is 902 g/mol. The number of amides is 1. The summed E-state index contributed by atoms with van der Waals surface area (Å²) in [4.78, 5) is 38.5. The highest BCUT2D eigenvalue weighted by Crippen LogP contribution is 2.53. The van der Waals surface area contributed by atoms with E-state index in [1.165, 1.54) is 6.33 Å². The molecule has 2 aromatic heterocycles. The number of hydrogen-bond donors (Lipinski definition) is 2. The van der Waals surface area contributed by atoms with Crippen LogP contribution in [0, 0.1) is 17.2 Å². The van der Waals surface area contributed by atoms with E-state index in [2.05, 4.69) is 87.6 Å². The molecule has 0 radical (unpaired) electrons. The average molecular weight is 970 g/mol. The number of benzene rings is 3. The average Bonchev–Trinajstić information content (AvgIpc) is 3.87. The molecule has 366 valence electrons. The van der Waals surface area contributed by atoms with Crippen LogP contribution in [0.3, 0.4) is 0 Å². The lowest BCUT2D eigenvalue weighted by atomic mass is 9.80. The minimum absolute atomic E-state index is 0.0234. The van der Waals surface area contributed by atoms with Crippen LogP contribution >= 0.6 is 8.53 Å². The lowest BCUT2D eigenvalue weighted by molar-refractivity contribution is -0.118. The van der Waals surface area contributed by atoms with Gasteiger partial charge in [-0.1, -0.05) is 89.2 Å². The predicted molar refractivity (Wildman–Crippen MR) is 266 cm³/mol. The van der Waals surface area contributed by atoms with E-state index in [4.69, 9.17) is 37.4 Å². The first-order valence-corrected chi connectivity index (χ1v) is 27.1. The van der Waals surface area contributed by atoms with E-state index >= 15 is 0 Å². The summed E-state index contributed by atoms with van der Waals surface area (Å²) in [5.74, 6) is 0.636. The van der Waals surface area contributed by atoms with E-state index in [1.807, 2.05) is 78.9 Å². The lowest BCUT2D eigenvalue weighted by Gasteiger charge is -2.43. The fourth-order valence-electron chi connectivity index (χ4n) is 7.95. The highest BCUT2D eigenvalue weighted by atomic mass is 31.2. The maximum Gasteiger partial charge on any atom is 0.280 e. The normalized spacial score (nSPS) is 18.4. The summed E-state index contributed by atoms with van der Waals surface area (Å²) in [7, 11) is -1.29. The number of rotatable bonds is 21. The number of ether oxygens (including phenoxy) is 4. The van der Waals surface area contributed by atoms with Gasteiger partial charge in [-0.15, -0.1) is 0 Å². The van der Waals surface area contributed by atoms with Crippen molar-refractivity contribution in [3.8, 4) is 17.6 Å². The topological polar surface area (TPSA) is 184 Å². The summed E-state index contributed by atoms with van der Waals surface area (Å²) in [6.45, 7) is 22.8. The van der Waals surface area contributed by atoms with Crippen molar-refractivity contribution in [2.75, 3.05) is 32.8 Å². The second kappa shape index (κ2) is 22.2. The predicted octanol–water partition coefficient (Wildman–Crippen LogP) is 9.69. The molecule has 1 aliphatic rings. The molecule has 68 heavy (non-hydrogen) atoms. The van der Waals surface area contributed by atoms with Crippen LogP contribution < -0.4 is 20.3 Å². The molecule has 1 aliphatic heterocycles. The monoisotopic (exact) mass is 969 g/mol. The molecule has 5 atom stereocenters. The Hall–Kier alpha value is -5.02. The lowest BCUT2D eigenvalue weighted by Crippen LogP contribution is -2.51. The number of nitrogens with zero attached hydrogens (tertiary/aromatic N) is 5. The number of imidazole rings is 1. The second-order valence-corrected chi connectivity index (χ2v) is 25.4. The fourth-order valence-corrected chi connectivity index (χ4v) is 11.0. The largest absolute Gasteiger partial charge is 0.497 e. The number of methoxy groups -OCH3 is 2. The molecule has 3 aromatic carbocycles. The highest BCUT2D eigenvalue weighted by molar-refractivity contribution is 7.44. The zero-order valence-electron chi connectivity index (χ0n) is 41.6. The Labute approximate surface area is 402 Å². The summed E-state index contributed by atoms with van der Waals surface area (Å²) in [6, 6.07) is 27.8. The van der Waals surface area contributed by atoms with Crippen LogP contribution in [0.15, 0.2) is 90.0 Å². The molecule has 6 rings (SSSR count). The molecule has 2 unspecified atom stereocenters. The van der Waals surface area contributed by atoms with Crippen LogP contribution in [0.2, 0.25) is 18.1 Å². The number of aromatic amines is 1. The van der Waals surface area contributed by atoms with E-state index in [9.17, 15) is 14.9 Å². The van der Waals surface area contributed by atoms with Gasteiger partial charge in [0.2, 0.25) is 11.9 Å². The van der Waals surface area contributed by atoms with E-state index in [-0.39, 0.29) is 65.7 Å². The highest BCUT2D eigenvalue weighted by Gasteiger charge is 2.54. The van der Waals surface area contributed by atoms with Gasteiger partial charge in [-0.2, -0.15) is 10.2 Å². The van der Waals surface area contributed by atoms with E-state index < -0.39 is 52.5 Å². The van der Waals surface area contributed by atoms with Crippen LogP contribution in [0.25, 0.3) is 11.2 Å². The van der Waals surface area contributed by atoms with Crippen LogP contribution in [0.1, 0.15) is 91.7 Å². The smallest absolute Gasteiger partial charge is 0.280 e. The third kappa shape index (κ3) is 11.4. The third-order valence-corrected chi connectivity index (χ3v) is 19.1.